The smallest absolute Gasteiger partial charge is 0.251 e. The van der Waals surface area contributed by atoms with Crippen LogP contribution in [0.25, 0.3) is 0 Å². The molecule has 1 radical (unpaired) electrons. The van der Waals surface area contributed by atoms with E-state index in [0.29, 0.717) is 0 Å². The Labute approximate surface area is 113 Å². The van der Waals surface area contributed by atoms with Gasteiger partial charge in [0.05, 0.1) is 0 Å². The van der Waals surface area contributed by atoms with Crippen molar-refractivity contribution in [2.24, 2.45) is 0 Å². The minimum Gasteiger partial charge on any atom is -0.473 e. The molecule has 0 aliphatic carbocycles. The van der Waals surface area contributed by atoms with Gasteiger partial charge < -0.3 is 9.84 Å². The average Bonchev–Trinajstić information content (AvgIpc) is 2.91. The number of pyridine rings is 1. The zero-order valence-electron chi connectivity index (χ0n) is 9.86. The van der Waals surface area contributed by atoms with Gasteiger partial charge in [0.15, 0.2) is 11.4 Å². The molecule has 0 saturated carbocycles. The monoisotopic (exact) mass is 286 g/mol. The molecule has 2 heterocycles. The number of ether oxygens (including phenoxy) is 1. The van der Waals surface area contributed by atoms with Crippen LogP contribution < -0.4 is 4.74 Å². The summed E-state index contributed by atoms with van der Waals surface area (Å²) in [7, 11) is 0. The number of aromatic nitrogens is 5. The molecule has 19 heavy (non-hydrogen) atoms. The summed E-state index contributed by atoms with van der Waals surface area (Å²) >= 11 is 5.72. The minimum absolute atomic E-state index is 0.176. The quantitative estimate of drug-likeness (QED) is 0.799. The summed E-state index contributed by atoms with van der Waals surface area (Å²) in [5.74, 6) is -0.968. The number of tetrazole rings is 1. The van der Waals surface area contributed by atoms with E-state index >= 15 is 0 Å². The van der Waals surface area contributed by atoms with Gasteiger partial charge in [0.25, 0.3) is 5.88 Å². The van der Waals surface area contributed by atoms with E-state index in [9.17, 15) is 9.50 Å². The van der Waals surface area contributed by atoms with Crippen molar-refractivity contribution in [3.63, 3.8) is 0 Å². The third-order valence-corrected chi connectivity index (χ3v) is 3.02. The van der Waals surface area contributed by atoms with Crippen LogP contribution in [0.3, 0.4) is 0 Å². The van der Waals surface area contributed by atoms with Crippen molar-refractivity contribution in [2.75, 3.05) is 6.61 Å². The Morgan fingerprint density at radius 1 is 1.68 bits per heavy atom. The Kier molecular flexibility index (Phi) is 3.91. The third kappa shape index (κ3) is 2.79. The van der Waals surface area contributed by atoms with Gasteiger partial charge in [0.1, 0.15) is 18.5 Å². The minimum atomic E-state index is -1.34. The second-order valence-corrected chi connectivity index (χ2v) is 4.36. The molecule has 0 saturated heterocycles. The highest BCUT2D eigenvalue weighted by Gasteiger charge is 2.37. The summed E-state index contributed by atoms with van der Waals surface area (Å²) in [5.41, 5.74) is -2.51. The highest BCUT2D eigenvalue weighted by atomic mass is 35.5. The van der Waals surface area contributed by atoms with Crippen LogP contribution in [0.4, 0.5) is 4.39 Å². The highest BCUT2D eigenvalue weighted by molar-refractivity contribution is 6.20. The molecule has 0 aromatic carbocycles. The van der Waals surface area contributed by atoms with Crippen LogP contribution in [-0.2, 0) is 5.54 Å². The third-order valence-electron chi connectivity index (χ3n) is 2.55. The molecule has 0 amide bonds. The van der Waals surface area contributed by atoms with E-state index in [1.807, 2.05) is 0 Å². The summed E-state index contributed by atoms with van der Waals surface area (Å²) in [4.78, 5) is 3.71. The predicted molar refractivity (Wildman–Crippen MR) is 61.9 cm³/mol. The fraction of sp³-hybridized carbons (Fsp3) is 0.400. The summed E-state index contributed by atoms with van der Waals surface area (Å²) in [6.07, 6.45) is 2.61. The molecule has 2 unspecified atom stereocenters. The van der Waals surface area contributed by atoms with E-state index in [2.05, 4.69) is 26.6 Å². The number of hydrogen-bond donors (Lipinski definition) is 1. The maximum atomic E-state index is 13.3. The molecule has 7 nitrogen and oxygen atoms in total. The number of rotatable bonds is 5. The van der Waals surface area contributed by atoms with Crippen LogP contribution in [-0.4, -0.2) is 42.5 Å². The molecule has 0 aliphatic rings. The summed E-state index contributed by atoms with van der Waals surface area (Å²) < 4.78 is 19.8. The molecule has 0 fully saturated rings. The fourth-order valence-electron chi connectivity index (χ4n) is 1.29. The standard InChI is InChI=1S/C10H10ClFN5O2/c1-10(9(11)18,17-6-14-15-16-17)5-19-8-7(12)3-2-4-13-8/h2,4,6,9,18H,5H2,1H3. The molecule has 0 bridgehead atoms. The van der Waals surface area contributed by atoms with E-state index in [1.54, 1.807) is 6.92 Å². The van der Waals surface area contributed by atoms with Crippen LogP contribution in [0, 0.1) is 11.9 Å². The first-order valence-corrected chi connectivity index (χ1v) is 5.68. The zero-order valence-corrected chi connectivity index (χ0v) is 10.6. The second kappa shape index (κ2) is 5.45. The Bertz CT molecular complexity index is 538. The lowest BCUT2D eigenvalue weighted by molar-refractivity contribution is 0.0481. The molecule has 1 N–H and O–H groups in total. The van der Waals surface area contributed by atoms with Crippen LogP contribution in [0.15, 0.2) is 18.6 Å². The van der Waals surface area contributed by atoms with Gasteiger partial charge in [-0.05, 0) is 23.4 Å². The molecular formula is C10H10ClFN5O2. The zero-order chi connectivity index (χ0) is 13.9. The van der Waals surface area contributed by atoms with Crippen molar-refractivity contribution in [3.8, 4) is 5.88 Å². The average molecular weight is 287 g/mol. The summed E-state index contributed by atoms with van der Waals surface area (Å²) in [5, 5.41) is 20.2. The van der Waals surface area contributed by atoms with Gasteiger partial charge in [0.2, 0.25) is 0 Å². The van der Waals surface area contributed by atoms with E-state index < -0.39 is 16.9 Å². The molecule has 2 rings (SSSR count). The maximum Gasteiger partial charge on any atom is 0.251 e. The number of nitrogens with zero attached hydrogens (tertiary/aromatic N) is 5. The van der Waals surface area contributed by atoms with Gasteiger partial charge in [-0.15, -0.1) is 5.10 Å². The van der Waals surface area contributed by atoms with Gasteiger partial charge in [0, 0.05) is 12.3 Å². The fourth-order valence-corrected chi connectivity index (χ4v) is 1.45. The van der Waals surface area contributed by atoms with Crippen molar-refractivity contribution >= 4 is 11.6 Å². The predicted octanol–water partition coefficient (Wildman–Crippen LogP) is 0.359. The van der Waals surface area contributed by atoms with E-state index in [0.717, 1.165) is 0 Å². The molecular weight excluding hydrogens is 277 g/mol. The lowest BCUT2D eigenvalue weighted by atomic mass is 10.1. The van der Waals surface area contributed by atoms with Crippen LogP contribution in [0.1, 0.15) is 6.92 Å². The number of hydrogen-bond acceptors (Lipinski definition) is 6. The van der Waals surface area contributed by atoms with Crippen molar-refractivity contribution in [2.45, 2.75) is 18.0 Å². The second-order valence-electron chi connectivity index (χ2n) is 3.94. The van der Waals surface area contributed by atoms with Crippen molar-refractivity contribution in [1.29, 1.82) is 0 Å². The highest BCUT2D eigenvalue weighted by Crippen LogP contribution is 2.24. The molecule has 2 aromatic heterocycles. The Hall–Kier alpha value is -1.80. The van der Waals surface area contributed by atoms with Crippen molar-refractivity contribution in [1.82, 2.24) is 25.2 Å². The van der Waals surface area contributed by atoms with Gasteiger partial charge in [-0.1, -0.05) is 11.6 Å². The number of aliphatic hydroxyl groups excluding tert-OH is 1. The SMILES string of the molecule is CC(COc1ncc[c]c1F)(C(O)Cl)n1cnnn1. The first kappa shape index (κ1) is 13.6. The van der Waals surface area contributed by atoms with E-state index in [4.69, 9.17) is 16.3 Å². The Morgan fingerprint density at radius 3 is 3.05 bits per heavy atom. The van der Waals surface area contributed by atoms with Crippen molar-refractivity contribution in [3.05, 3.63) is 30.5 Å². The van der Waals surface area contributed by atoms with E-state index in [1.165, 1.54) is 23.3 Å². The number of alkyl halides is 1. The topological polar surface area (TPSA) is 86.0 Å². The van der Waals surface area contributed by atoms with E-state index in [-0.39, 0.29) is 12.5 Å². The lowest BCUT2D eigenvalue weighted by Crippen LogP contribution is -2.45. The lowest BCUT2D eigenvalue weighted by Gasteiger charge is -2.29. The molecule has 9 heteroatoms. The van der Waals surface area contributed by atoms with Crippen molar-refractivity contribution < 1.29 is 14.2 Å². The largest absolute Gasteiger partial charge is 0.473 e. The normalized spacial score (nSPS) is 15.8. The number of halogens is 2. The molecule has 101 valence electrons. The van der Waals surface area contributed by atoms with Gasteiger partial charge >= 0.3 is 0 Å². The summed E-state index contributed by atoms with van der Waals surface area (Å²) in [6, 6.07) is 3.62. The van der Waals surface area contributed by atoms with Gasteiger partial charge in [-0.25, -0.2) is 14.1 Å². The number of aliphatic hydroxyl groups is 1. The van der Waals surface area contributed by atoms with Gasteiger partial charge in [-0.2, -0.15) is 0 Å². The van der Waals surface area contributed by atoms with Gasteiger partial charge in [-0.3, -0.25) is 0 Å². The van der Waals surface area contributed by atoms with Crippen LogP contribution >= 0.6 is 11.6 Å². The molecule has 0 spiro atoms. The Morgan fingerprint density at radius 2 is 2.47 bits per heavy atom. The molecule has 2 aromatic rings. The first-order valence-electron chi connectivity index (χ1n) is 5.24. The van der Waals surface area contributed by atoms with Crippen LogP contribution in [0.5, 0.6) is 5.88 Å². The molecule has 2 atom stereocenters. The van der Waals surface area contributed by atoms with Crippen LogP contribution in [0.2, 0.25) is 0 Å². The molecule has 0 aliphatic heterocycles. The maximum absolute atomic E-state index is 13.3. The summed E-state index contributed by atoms with van der Waals surface area (Å²) in [6.45, 7) is 1.38. The Balaban J connectivity index is 2.17. The first-order chi connectivity index (χ1) is 9.04.